The maximum absolute atomic E-state index is 13.1. The first-order chi connectivity index (χ1) is 12.8. The summed E-state index contributed by atoms with van der Waals surface area (Å²) < 4.78 is 39.4. The molecule has 3 aromatic rings. The van der Waals surface area contributed by atoms with E-state index in [1.54, 1.807) is 12.1 Å². The molecule has 5 nitrogen and oxygen atoms in total. The molecule has 1 heterocycles. The third-order valence-electron chi connectivity index (χ3n) is 3.48. The van der Waals surface area contributed by atoms with Gasteiger partial charge in [-0.1, -0.05) is 29.8 Å². The Morgan fingerprint density at radius 2 is 1.74 bits per heavy atom. The smallest absolute Gasteiger partial charge is 0.340 e. The van der Waals surface area contributed by atoms with Crippen LogP contribution in [-0.2, 0) is 6.18 Å². The molecular formula is C18H12ClF3N4O. The average Bonchev–Trinajstić information content (AvgIpc) is 2.63. The minimum atomic E-state index is -4.67. The van der Waals surface area contributed by atoms with Crippen LogP contribution in [0.1, 0.15) is 16.1 Å². The highest BCUT2D eigenvalue weighted by Gasteiger charge is 2.34. The molecule has 0 saturated heterocycles. The molecule has 0 spiro atoms. The number of alkyl halides is 3. The maximum atomic E-state index is 13.1. The van der Waals surface area contributed by atoms with E-state index in [1.165, 1.54) is 12.1 Å². The minimum Gasteiger partial charge on any atom is -0.340 e. The van der Waals surface area contributed by atoms with Crippen molar-refractivity contribution in [3.05, 3.63) is 77.2 Å². The van der Waals surface area contributed by atoms with Crippen LogP contribution in [0.15, 0.2) is 60.9 Å². The standard InChI is InChI=1S/C18H12ClF3N4O/c19-11-6-7-14(13(8-11)18(20,21)22)26-17(27)15-9-16(24-10-23-15)25-12-4-2-1-3-5-12/h1-10H,(H,26,27)(H,23,24,25). The number of carbonyl (C=O) groups excluding carboxylic acids is 1. The zero-order valence-corrected chi connectivity index (χ0v) is 14.3. The number of hydrogen-bond donors (Lipinski definition) is 2. The van der Waals surface area contributed by atoms with Gasteiger partial charge in [-0.05, 0) is 30.3 Å². The number of amides is 1. The van der Waals surface area contributed by atoms with Crippen molar-refractivity contribution < 1.29 is 18.0 Å². The lowest BCUT2D eigenvalue weighted by Gasteiger charge is -2.14. The zero-order chi connectivity index (χ0) is 19.4. The lowest BCUT2D eigenvalue weighted by atomic mass is 10.1. The van der Waals surface area contributed by atoms with E-state index in [9.17, 15) is 18.0 Å². The predicted molar refractivity (Wildman–Crippen MR) is 96.2 cm³/mol. The minimum absolute atomic E-state index is 0.0864. The van der Waals surface area contributed by atoms with Crippen LogP contribution in [0.4, 0.5) is 30.4 Å². The Bertz CT molecular complexity index is 964. The fraction of sp³-hybridized carbons (Fsp3) is 0.0556. The molecule has 1 amide bonds. The van der Waals surface area contributed by atoms with E-state index in [0.717, 1.165) is 24.1 Å². The van der Waals surface area contributed by atoms with Crippen molar-refractivity contribution >= 4 is 34.7 Å². The molecule has 0 atom stereocenters. The Morgan fingerprint density at radius 3 is 2.44 bits per heavy atom. The van der Waals surface area contributed by atoms with Gasteiger partial charge in [0.25, 0.3) is 5.91 Å². The van der Waals surface area contributed by atoms with Crippen LogP contribution in [0, 0.1) is 0 Å². The summed E-state index contributed by atoms with van der Waals surface area (Å²) in [5, 5.41) is 5.11. The summed E-state index contributed by atoms with van der Waals surface area (Å²) in [6, 6.07) is 13.5. The Morgan fingerprint density at radius 1 is 1.00 bits per heavy atom. The van der Waals surface area contributed by atoms with Crippen molar-refractivity contribution in [3.8, 4) is 0 Å². The summed E-state index contributed by atoms with van der Waals surface area (Å²) in [4.78, 5) is 20.2. The van der Waals surface area contributed by atoms with Crippen molar-refractivity contribution in [3.63, 3.8) is 0 Å². The summed E-state index contributed by atoms with van der Waals surface area (Å²) in [5.41, 5.74) is -0.806. The number of benzene rings is 2. The highest BCUT2D eigenvalue weighted by molar-refractivity contribution is 6.30. The van der Waals surface area contributed by atoms with Gasteiger partial charge >= 0.3 is 6.18 Å². The molecule has 0 unspecified atom stereocenters. The summed E-state index contributed by atoms with van der Waals surface area (Å²) in [5.74, 6) is -0.477. The quantitative estimate of drug-likeness (QED) is 0.644. The molecule has 0 aliphatic rings. The van der Waals surface area contributed by atoms with Crippen LogP contribution >= 0.6 is 11.6 Å². The van der Waals surface area contributed by atoms with Crippen LogP contribution in [-0.4, -0.2) is 15.9 Å². The predicted octanol–water partition coefficient (Wildman–Crippen LogP) is 5.14. The zero-order valence-electron chi connectivity index (χ0n) is 13.6. The number of nitrogens with zero attached hydrogens (tertiary/aromatic N) is 2. The van der Waals surface area contributed by atoms with Gasteiger partial charge in [0.1, 0.15) is 17.8 Å². The molecule has 0 aliphatic heterocycles. The Balaban J connectivity index is 1.82. The van der Waals surface area contributed by atoms with Gasteiger partial charge in [0.05, 0.1) is 11.3 Å². The van der Waals surface area contributed by atoms with Gasteiger partial charge in [0.2, 0.25) is 0 Å². The van der Waals surface area contributed by atoms with Gasteiger partial charge in [-0.3, -0.25) is 4.79 Å². The van der Waals surface area contributed by atoms with Gasteiger partial charge in [-0.15, -0.1) is 0 Å². The molecule has 3 rings (SSSR count). The summed E-state index contributed by atoms with van der Waals surface area (Å²) in [7, 11) is 0. The normalized spacial score (nSPS) is 11.1. The topological polar surface area (TPSA) is 66.9 Å². The summed E-state index contributed by atoms with van der Waals surface area (Å²) >= 11 is 5.63. The highest BCUT2D eigenvalue weighted by Crippen LogP contribution is 2.36. The van der Waals surface area contributed by atoms with E-state index >= 15 is 0 Å². The first-order valence-corrected chi connectivity index (χ1v) is 8.03. The molecule has 0 fully saturated rings. The number of hydrogen-bond acceptors (Lipinski definition) is 4. The molecule has 0 saturated carbocycles. The van der Waals surface area contributed by atoms with Crippen molar-refractivity contribution in [2.75, 3.05) is 10.6 Å². The van der Waals surface area contributed by atoms with Gasteiger partial charge in [0.15, 0.2) is 0 Å². The number of halogens is 4. The molecule has 2 N–H and O–H groups in total. The SMILES string of the molecule is O=C(Nc1ccc(Cl)cc1C(F)(F)F)c1cc(Nc2ccccc2)ncn1. The maximum Gasteiger partial charge on any atom is 0.418 e. The van der Waals surface area contributed by atoms with Crippen LogP contribution in [0.2, 0.25) is 5.02 Å². The first kappa shape index (κ1) is 18.7. The fourth-order valence-corrected chi connectivity index (χ4v) is 2.44. The van der Waals surface area contributed by atoms with E-state index in [1.807, 2.05) is 18.2 Å². The molecule has 0 aliphatic carbocycles. The van der Waals surface area contributed by atoms with Gasteiger partial charge in [0, 0.05) is 16.8 Å². The Hall–Kier alpha value is -3.13. The Kier molecular flexibility index (Phi) is 5.27. The van der Waals surface area contributed by atoms with E-state index < -0.39 is 23.3 Å². The van der Waals surface area contributed by atoms with E-state index in [2.05, 4.69) is 20.6 Å². The second-order valence-electron chi connectivity index (χ2n) is 5.42. The number of para-hydroxylation sites is 1. The van der Waals surface area contributed by atoms with Crippen molar-refractivity contribution in [2.24, 2.45) is 0 Å². The first-order valence-electron chi connectivity index (χ1n) is 7.65. The van der Waals surface area contributed by atoms with Crippen LogP contribution < -0.4 is 10.6 Å². The van der Waals surface area contributed by atoms with Gasteiger partial charge in [-0.25, -0.2) is 9.97 Å². The van der Waals surface area contributed by atoms with Crippen LogP contribution in [0.3, 0.4) is 0 Å². The third kappa shape index (κ3) is 4.73. The van der Waals surface area contributed by atoms with Crippen molar-refractivity contribution in [2.45, 2.75) is 6.18 Å². The molecule has 1 aromatic heterocycles. The second-order valence-corrected chi connectivity index (χ2v) is 5.86. The second kappa shape index (κ2) is 7.63. The van der Waals surface area contributed by atoms with Gasteiger partial charge < -0.3 is 10.6 Å². The average molecular weight is 393 g/mol. The lowest BCUT2D eigenvalue weighted by molar-refractivity contribution is -0.136. The van der Waals surface area contributed by atoms with Crippen LogP contribution in [0.25, 0.3) is 0 Å². The molecule has 0 bridgehead atoms. The fourth-order valence-electron chi connectivity index (χ4n) is 2.27. The largest absolute Gasteiger partial charge is 0.418 e. The highest BCUT2D eigenvalue weighted by atomic mass is 35.5. The molecule has 138 valence electrons. The molecule has 27 heavy (non-hydrogen) atoms. The summed E-state index contributed by atoms with van der Waals surface area (Å²) in [6.07, 6.45) is -3.52. The van der Waals surface area contributed by atoms with E-state index in [-0.39, 0.29) is 10.7 Å². The third-order valence-corrected chi connectivity index (χ3v) is 3.72. The Labute approximate surface area is 157 Å². The molecule has 9 heteroatoms. The number of aromatic nitrogens is 2. The van der Waals surface area contributed by atoms with Crippen molar-refractivity contribution in [1.29, 1.82) is 0 Å². The lowest BCUT2D eigenvalue weighted by Crippen LogP contribution is -2.18. The molecule has 0 radical (unpaired) electrons. The molecular weight excluding hydrogens is 381 g/mol. The number of nitrogens with one attached hydrogen (secondary N) is 2. The number of anilines is 3. The number of rotatable bonds is 4. The summed E-state index contributed by atoms with van der Waals surface area (Å²) in [6.45, 7) is 0. The van der Waals surface area contributed by atoms with Crippen LogP contribution in [0.5, 0.6) is 0 Å². The van der Waals surface area contributed by atoms with E-state index in [0.29, 0.717) is 5.82 Å². The van der Waals surface area contributed by atoms with Crippen molar-refractivity contribution in [1.82, 2.24) is 9.97 Å². The van der Waals surface area contributed by atoms with Gasteiger partial charge in [-0.2, -0.15) is 13.2 Å². The molecule has 2 aromatic carbocycles. The van der Waals surface area contributed by atoms with E-state index in [4.69, 9.17) is 11.6 Å². The monoisotopic (exact) mass is 392 g/mol. The number of carbonyl (C=O) groups is 1.